The zero-order valence-electron chi connectivity index (χ0n) is 12.6. The fraction of sp³-hybridized carbons (Fsp3) is 0.529. The second-order valence-corrected chi connectivity index (χ2v) is 10.9. The highest BCUT2D eigenvalue weighted by Crippen LogP contribution is 2.25. The van der Waals surface area contributed by atoms with E-state index in [0.29, 0.717) is 0 Å². The maximum Gasteiger partial charge on any atom is 0.123 e. The van der Waals surface area contributed by atoms with Crippen LogP contribution in [0.1, 0.15) is 32.6 Å². The topological polar surface area (TPSA) is 0 Å². The fourth-order valence-electron chi connectivity index (χ4n) is 2.77. The van der Waals surface area contributed by atoms with Crippen molar-refractivity contribution >= 4 is 13.3 Å². The smallest absolute Gasteiger partial charge is 0.123 e. The van der Waals surface area contributed by atoms with Gasteiger partial charge in [0.1, 0.15) is 5.82 Å². The Bertz CT molecular complexity index is 381. The second-order valence-electron chi connectivity index (χ2n) is 6.13. The largest absolute Gasteiger partial charge is 0.207 e. The Labute approximate surface area is 118 Å². The van der Waals surface area contributed by atoms with Gasteiger partial charge >= 0.3 is 0 Å². The molecule has 0 radical (unpaired) electrons. The van der Waals surface area contributed by atoms with Crippen molar-refractivity contribution in [2.75, 3.05) is 0 Å². The van der Waals surface area contributed by atoms with Crippen molar-refractivity contribution in [1.29, 1.82) is 0 Å². The first-order valence-electron chi connectivity index (χ1n) is 7.36. The summed E-state index contributed by atoms with van der Waals surface area (Å²) in [4.78, 5) is 0. The molecule has 0 fully saturated rings. The number of allylic oxidation sites excluding steroid dienone is 1. The zero-order valence-corrected chi connectivity index (χ0v) is 13.6. The van der Waals surface area contributed by atoms with Crippen molar-refractivity contribution in [2.45, 2.75) is 51.7 Å². The minimum atomic E-state index is -1.47. The normalized spacial score (nSPS) is 13.3. The molecule has 1 rings (SSSR count). The lowest BCUT2D eigenvalue weighted by molar-refractivity contribution is 0.507. The van der Waals surface area contributed by atoms with Gasteiger partial charge in [-0.05, 0) is 24.5 Å². The van der Waals surface area contributed by atoms with Crippen molar-refractivity contribution < 1.29 is 4.39 Å². The summed E-state index contributed by atoms with van der Waals surface area (Å²) < 4.78 is 13.0. The van der Waals surface area contributed by atoms with E-state index in [-0.39, 0.29) is 5.82 Å². The highest BCUT2D eigenvalue weighted by molar-refractivity contribution is 6.89. The summed E-state index contributed by atoms with van der Waals surface area (Å²) in [6, 6.07) is 8.42. The molecule has 0 spiro atoms. The van der Waals surface area contributed by atoms with E-state index in [4.69, 9.17) is 0 Å². The quantitative estimate of drug-likeness (QED) is 0.457. The van der Waals surface area contributed by atoms with Crippen LogP contribution in [-0.4, -0.2) is 8.07 Å². The van der Waals surface area contributed by atoms with Crippen molar-refractivity contribution in [3.8, 4) is 0 Å². The van der Waals surface area contributed by atoms with Crippen LogP contribution < -0.4 is 5.19 Å². The summed E-state index contributed by atoms with van der Waals surface area (Å²) in [5.41, 5.74) is 0. The van der Waals surface area contributed by atoms with Gasteiger partial charge in [-0.3, -0.25) is 0 Å². The van der Waals surface area contributed by atoms with Crippen LogP contribution in [0, 0.1) is 11.7 Å². The van der Waals surface area contributed by atoms with Gasteiger partial charge in [-0.25, -0.2) is 4.39 Å². The Morgan fingerprint density at radius 2 is 1.89 bits per heavy atom. The first-order valence-corrected chi connectivity index (χ1v) is 10.6. The van der Waals surface area contributed by atoms with Crippen LogP contribution in [-0.2, 0) is 0 Å². The van der Waals surface area contributed by atoms with Crippen LogP contribution >= 0.6 is 0 Å². The zero-order chi connectivity index (χ0) is 14.3. The van der Waals surface area contributed by atoms with Crippen molar-refractivity contribution in [3.05, 3.63) is 42.7 Å². The molecule has 2 heteroatoms. The monoisotopic (exact) mass is 278 g/mol. The predicted octanol–water partition coefficient (Wildman–Crippen LogP) is 5.12. The van der Waals surface area contributed by atoms with Gasteiger partial charge in [-0.2, -0.15) is 0 Å². The molecule has 0 heterocycles. The molecule has 0 saturated carbocycles. The lowest BCUT2D eigenvalue weighted by Gasteiger charge is -2.28. The molecule has 0 aromatic heterocycles. The summed E-state index contributed by atoms with van der Waals surface area (Å²) in [5, 5.41) is 1.36. The molecule has 0 amide bonds. The summed E-state index contributed by atoms with van der Waals surface area (Å²) in [6.45, 7) is 10.9. The molecule has 1 aromatic rings. The Kier molecular flexibility index (Phi) is 6.50. The van der Waals surface area contributed by atoms with Crippen molar-refractivity contribution in [1.82, 2.24) is 0 Å². The average Bonchev–Trinajstić information content (AvgIpc) is 2.36. The predicted molar refractivity (Wildman–Crippen MR) is 86.2 cm³/mol. The lowest BCUT2D eigenvalue weighted by Crippen LogP contribution is -2.42. The van der Waals surface area contributed by atoms with Crippen LogP contribution in [0.3, 0.4) is 0 Å². The van der Waals surface area contributed by atoms with Gasteiger partial charge in [0.2, 0.25) is 0 Å². The molecule has 1 aromatic carbocycles. The average molecular weight is 278 g/mol. The van der Waals surface area contributed by atoms with Crippen molar-refractivity contribution in [2.24, 2.45) is 5.92 Å². The maximum atomic E-state index is 13.0. The molecule has 0 aliphatic heterocycles. The van der Waals surface area contributed by atoms with E-state index in [1.54, 1.807) is 12.1 Å². The molecule has 1 unspecified atom stereocenters. The molecule has 0 aliphatic carbocycles. The second kappa shape index (κ2) is 7.64. The Morgan fingerprint density at radius 3 is 2.42 bits per heavy atom. The highest BCUT2D eigenvalue weighted by Gasteiger charge is 2.26. The fourth-order valence-corrected chi connectivity index (χ4v) is 5.89. The first kappa shape index (κ1) is 16.2. The summed E-state index contributed by atoms with van der Waals surface area (Å²) in [5.74, 6) is 0.603. The molecular formula is C17H27FSi. The van der Waals surface area contributed by atoms with E-state index in [1.165, 1.54) is 30.5 Å². The van der Waals surface area contributed by atoms with Crippen LogP contribution in [0.15, 0.2) is 36.9 Å². The van der Waals surface area contributed by atoms with Gasteiger partial charge in [0.15, 0.2) is 0 Å². The van der Waals surface area contributed by atoms with Crippen LogP contribution in [0.5, 0.6) is 0 Å². The SMILES string of the molecule is C=CCC(CCCC)C[Si](C)(C)c1ccc(F)cc1. The molecule has 106 valence electrons. The molecule has 0 saturated heterocycles. The van der Waals surface area contributed by atoms with Crippen LogP contribution in [0.4, 0.5) is 4.39 Å². The van der Waals surface area contributed by atoms with E-state index in [1.807, 2.05) is 12.1 Å². The van der Waals surface area contributed by atoms with E-state index in [0.717, 1.165) is 12.3 Å². The molecular weight excluding hydrogens is 251 g/mol. The number of halogens is 1. The van der Waals surface area contributed by atoms with E-state index in [2.05, 4.69) is 32.7 Å². The van der Waals surface area contributed by atoms with Crippen molar-refractivity contribution in [3.63, 3.8) is 0 Å². The molecule has 19 heavy (non-hydrogen) atoms. The maximum absolute atomic E-state index is 13.0. The van der Waals surface area contributed by atoms with Gasteiger partial charge < -0.3 is 0 Å². The van der Waals surface area contributed by atoms with Crippen LogP contribution in [0.25, 0.3) is 0 Å². The standard InChI is InChI=1S/C17H27FSi/c1-5-7-9-15(8-6-2)14-19(3,4)17-12-10-16(18)11-13-17/h6,10-13,15H,2,5,7-9,14H2,1,3-4H3. The van der Waals surface area contributed by atoms with E-state index >= 15 is 0 Å². The Balaban J connectivity index is 2.74. The number of hydrogen-bond donors (Lipinski definition) is 0. The van der Waals surface area contributed by atoms with Gasteiger partial charge in [0.25, 0.3) is 0 Å². The molecule has 0 bridgehead atoms. The summed E-state index contributed by atoms with van der Waals surface area (Å²) >= 11 is 0. The molecule has 1 atom stereocenters. The number of unbranched alkanes of at least 4 members (excludes halogenated alkanes) is 1. The van der Waals surface area contributed by atoms with Gasteiger partial charge in [-0.1, -0.05) is 68.7 Å². The first-order chi connectivity index (χ1) is 8.99. The van der Waals surface area contributed by atoms with E-state index in [9.17, 15) is 4.39 Å². The molecule has 0 aliphatic rings. The third kappa shape index (κ3) is 5.31. The Morgan fingerprint density at radius 1 is 1.26 bits per heavy atom. The minimum Gasteiger partial charge on any atom is -0.207 e. The van der Waals surface area contributed by atoms with Crippen LogP contribution in [0.2, 0.25) is 19.1 Å². The highest BCUT2D eigenvalue weighted by atomic mass is 28.3. The third-order valence-electron chi connectivity index (χ3n) is 3.89. The molecule has 0 N–H and O–H groups in total. The Hall–Kier alpha value is -0.893. The summed E-state index contributed by atoms with van der Waals surface area (Å²) in [7, 11) is -1.47. The number of rotatable bonds is 8. The number of benzene rings is 1. The van der Waals surface area contributed by atoms with Gasteiger partial charge in [0, 0.05) is 0 Å². The molecule has 0 nitrogen and oxygen atoms in total. The number of hydrogen-bond acceptors (Lipinski definition) is 0. The summed E-state index contributed by atoms with van der Waals surface area (Å²) in [6.07, 6.45) is 7.01. The lowest BCUT2D eigenvalue weighted by atomic mass is 10.0. The van der Waals surface area contributed by atoms with Gasteiger partial charge in [0.05, 0.1) is 8.07 Å². The third-order valence-corrected chi connectivity index (χ3v) is 7.38. The minimum absolute atomic E-state index is 0.137. The van der Waals surface area contributed by atoms with E-state index < -0.39 is 8.07 Å². The van der Waals surface area contributed by atoms with Gasteiger partial charge in [-0.15, -0.1) is 6.58 Å².